The van der Waals surface area contributed by atoms with Gasteiger partial charge >= 0.3 is 18.1 Å². The number of nitrogens with zero attached hydrogens (tertiary/aromatic N) is 1. The highest BCUT2D eigenvalue weighted by molar-refractivity contribution is 6.09. The first kappa shape index (κ1) is 14.8. The molecule has 110 valence electrons. The Morgan fingerprint density at radius 2 is 1.90 bits per heavy atom. The van der Waals surface area contributed by atoms with Gasteiger partial charge in [-0.15, -0.1) is 0 Å². The van der Waals surface area contributed by atoms with Crippen molar-refractivity contribution in [1.82, 2.24) is 4.98 Å². The highest BCUT2D eigenvalue weighted by Gasteiger charge is 2.38. The first-order valence-corrected chi connectivity index (χ1v) is 5.71. The molecule has 1 aromatic heterocycles. The number of rotatable bonds is 2. The Balaban J connectivity index is 2.62. The summed E-state index contributed by atoms with van der Waals surface area (Å²) in [4.78, 5) is 25.8. The predicted molar refractivity (Wildman–Crippen MR) is 68.1 cm³/mol. The van der Waals surface area contributed by atoms with Gasteiger partial charge in [-0.2, -0.15) is 13.2 Å². The quantitative estimate of drug-likeness (QED) is 0.893. The summed E-state index contributed by atoms with van der Waals surface area (Å²) in [5, 5.41) is 11.1. The Hall–Kier alpha value is -2.64. The Morgan fingerprint density at radius 3 is 2.48 bits per heavy atom. The molecule has 2 aromatic rings. The summed E-state index contributed by atoms with van der Waals surface area (Å²) in [6.07, 6.45) is -3.87. The third-order valence-corrected chi connectivity index (χ3v) is 2.73. The maximum absolute atomic E-state index is 12.3. The number of aromatic nitrogens is 1. The topological polar surface area (TPSA) is 79.3 Å². The second-order valence-electron chi connectivity index (χ2n) is 4.32. The van der Waals surface area contributed by atoms with Crippen molar-refractivity contribution in [3.63, 3.8) is 0 Å². The lowest BCUT2D eigenvalue weighted by Gasteiger charge is -2.12. The highest BCUT2D eigenvalue weighted by Crippen LogP contribution is 2.28. The van der Waals surface area contributed by atoms with E-state index in [0.717, 1.165) is 6.20 Å². The van der Waals surface area contributed by atoms with Crippen molar-refractivity contribution in [3.05, 3.63) is 35.7 Å². The number of carboxylic acid groups (broad SMARTS) is 1. The number of benzene rings is 1. The fourth-order valence-corrected chi connectivity index (χ4v) is 1.90. The molecule has 0 radical (unpaired) electrons. The van der Waals surface area contributed by atoms with E-state index in [2.05, 4.69) is 4.98 Å². The monoisotopic (exact) mass is 298 g/mol. The normalized spacial score (nSPS) is 11.4. The highest BCUT2D eigenvalue weighted by atomic mass is 19.4. The minimum absolute atomic E-state index is 0.114. The standard InChI is InChI=1S/C13H9F3N2O3/c1-6-4-8-7(2-3-17-10(8)11(19)20)9(5-6)18-12(21)13(14,15)16/h2-5H,1H3,(H,18,21)(H,19,20). The van der Waals surface area contributed by atoms with Gasteiger partial charge in [0.05, 0.1) is 0 Å². The van der Waals surface area contributed by atoms with Gasteiger partial charge in [0, 0.05) is 22.7 Å². The van der Waals surface area contributed by atoms with E-state index in [1.54, 1.807) is 12.2 Å². The van der Waals surface area contributed by atoms with Crippen LogP contribution in [0.5, 0.6) is 0 Å². The van der Waals surface area contributed by atoms with Crippen LogP contribution >= 0.6 is 0 Å². The molecule has 5 nitrogen and oxygen atoms in total. The van der Waals surface area contributed by atoms with Crippen molar-refractivity contribution in [1.29, 1.82) is 0 Å². The molecular weight excluding hydrogens is 289 g/mol. The number of carbonyl (C=O) groups is 2. The van der Waals surface area contributed by atoms with E-state index >= 15 is 0 Å². The number of anilines is 1. The van der Waals surface area contributed by atoms with Crippen molar-refractivity contribution in [2.45, 2.75) is 13.1 Å². The number of nitrogens with one attached hydrogen (secondary N) is 1. The van der Waals surface area contributed by atoms with Crippen molar-refractivity contribution < 1.29 is 27.9 Å². The minimum Gasteiger partial charge on any atom is -0.476 e. The zero-order valence-electron chi connectivity index (χ0n) is 10.7. The summed E-state index contributed by atoms with van der Waals surface area (Å²) >= 11 is 0. The zero-order valence-corrected chi connectivity index (χ0v) is 10.7. The number of fused-ring (bicyclic) bond motifs is 1. The van der Waals surface area contributed by atoms with Crippen molar-refractivity contribution in [2.75, 3.05) is 5.32 Å². The number of hydrogen-bond acceptors (Lipinski definition) is 3. The fourth-order valence-electron chi connectivity index (χ4n) is 1.90. The van der Waals surface area contributed by atoms with E-state index < -0.39 is 18.1 Å². The van der Waals surface area contributed by atoms with E-state index in [-0.39, 0.29) is 22.2 Å². The molecule has 21 heavy (non-hydrogen) atoms. The largest absolute Gasteiger partial charge is 0.476 e. The summed E-state index contributed by atoms with van der Waals surface area (Å²) in [5.41, 5.74) is 0.0893. The second-order valence-corrected chi connectivity index (χ2v) is 4.32. The molecule has 1 amide bonds. The molecule has 1 heterocycles. The van der Waals surface area contributed by atoms with Crippen molar-refractivity contribution in [3.8, 4) is 0 Å². The fraction of sp³-hybridized carbons (Fsp3) is 0.154. The molecule has 0 atom stereocenters. The third kappa shape index (κ3) is 2.93. The number of aryl methyl sites for hydroxylation is 1. The maximum Gasteiger partial charge on any atom is 0.471 e. The van der Waals surface area contributed by atoms with E-state index in [1.165, 1.54) is 18.2 Å². The van der Waals surface area contributed by atoms with Gasteiger partial charge in [0.25, 0.3) is 0 Å². The summed E-state index contributed by atoms with van der Waals surface area (Å²) in [6.45, 7) is 1.57. The van der Waals surface area contributed by atoms with E-state index in [9.17, 15) is 22.8 Å². The molecule has 0 saturated heterocycles. The van der Waals surface area contributed by atoms with Crippen LogP contribution in [0.15, 0.2) is 24.4 Å². The van der Waals surface area contributed by atoms with Crippen LogP contribution in [-0.2, 0) is 4.79 Å². The molecule has 0 saturated carbocycles. The summed E-state index contributed by atoms with van der Waals surface area (Å²) in [5.74, 6) is -3.43. The molecule has 8 heteroatoms. The van der Waals surface area contributed by atoms with Gasteiger partial charge in [0.15, 0.2) is 5.69 Å². The number of aromatic carboxylic acids is 1. The van der Waals surface area contributed by atoms with Gasteiger partial charge in [-0.1, -0.05) is 0 Å². The van der Waals surface area contributed by atoms with Crippen LogP contribution < -0.4 is 5.32 Å². The lowest BCUT2D eigenvalue weighted by molar-refractivity contribution is -0.167. The zero-order chi connectivity index (χ0) is 15.8. The Labute approximate surface area is 116 Å². The molecule has 2 rings (SSSR count). The molecule has 0 aliphatic carbocycles. The Morgan fingerprint density at radius 1 is 1.24 bits per heavy atom. The first-order chi connectivity index (χ1) is 9.70. The number of halogens is 3. The average Bonchev–Trinajstić information content (AvgIpc) is 2.36. The molecule has 0 bridgehead atoms. The summed E-state index contributed by atoms with van der Waals surface area (Å²) < 4.78 is 37.0. The number of carbonyl (C=O) groups excluding carboxylic acids is 1. The second kappa shape index (κ2) is 5.04. The Bertz CT molecular complexity index is 741. The number of pyridine rings is 1. The van der Waals surface area contributed by atoms with Gasteiger partial charge in [-0.25, -0.2) is 9.78 Å². The van der Waals surface area contributed by atoms with Crippen LogP contribution in [0.25, 0.3) is 10.8 Å². The lowest BCUT2D eigenvalue weighted by Crippen LogP contribution is -2.30. The average molecular weight is 298 g/mol. The van der Waals surface area contributed by atoms with Crippen LogP contribution in [0.2, 0.25) is 0 Å². The molecule has 2 N–H and O–H groups in total. The van der Waals surface area contributed by atoms with Gasteiger partial charge in [0.2, 0.25) is 0 Å². The first-order valence-electron chi connectivity index (χ1n) is 5.71. The molecule has 0 unspecified atom stereocenters. The predicted octanol–water partition coefficient (Wildman–Crippen LogP) is 2.74. The van der Waals surface area contributed by atoms with Crippen LogP contribution in [0.1, 0.15) is 16.1 Å². The van der Waals surface area contributed by atoms with Crippen LogP contribution in [0, 0.1) is 6.92 Å². The lowest BCUT2D eigenvalue weighted by atomic mass is 10.0. The van der Waals surface area contributed by atoms with Crippen LogP contribution in [-0.4, -0.2) is 28.1 Å². The van der Waals surface area contributed by atoms with Crippen LogP contribution in [0.4, 0.5) is 18.9 Å². The van der Waals surface area contributed by atoms with Gasteiger partial charge in [-0.05, 0) is 30.7 Å². The van der Waals surface area contributed by atoms with Gasteiger partial charge in [-0.3, -0.25) is 4.79 Å². The molecule has 0 spiro atoms. The van der Waals surface area contributed by atoms with Crippen molar-refractivity contribution >= 4 is 28.3 Å². The van der Waals surface area contributed by atoms with Gasteiger partial charge in [0.1, 0.15) is 0 Å². The minimum atomic E-state index is -5.03. The number of amides is 1. The van der Waals surface area contributed by atoms with E-state index in [0.29, 0.717) is 5.56 Å². The Kier molecular flexibility index (Phi) is 3.54. The molecule has 0 aliphatic heterocycles. The van der Waals surface area contributed by atoms with E-state index in [1.807, 2.05) is 0 Å². The van der Waals surface area contributed by atoms with Crippen LogP contribution in [0.3, 0.4) is 0 Å². The molecular formula is C13H9F3N2O3. The third-order valence-electron chi connectivity index (χ3n) is 2.73. The number of carboxylic acids is 1. The maximum atomic E-state index is 12.3. The molecule has 1 aromatic carbocycles. The summed E-state index contributed by atoms with van der Waals surface area (Å²) in [7, 11) is 0. The SMILES string of the molecule is Cc1cc(NC(=O)C(F)(F)F)c2ccnc(C(=O)O)c2c1. The smallest absolute Gasteiger partial charge is 0.471 e. The summed E-state index contributed by atoms with van der Waals surface area (Å²) in [6, 6.07) is 4.15. The molecule has 0 fully saturated rings. The van der Waals surface area contributed by atoms with E-state index in [4.69, 9.17) is 5.11 Å². The van der Waals surface area contributed by atoms with Gasteiger partial charge < -0.3 is 10.4 Å². The van der Waals surface area contributed by atoms with Crippen molar-refractivity contribution in [2.24, 2.45) is 0 Å². The number of hydrogen-bond donors (Lipinski definition) is 2. The molecule has 0 aliphatic rings. The number of alkyl halides is 3.